The molecule has 0 radical (unpaired) electrons. The highest BCUT2D eigenvalue weighted by Crippen LogP contribution is 2.17. The molecular weight excluding hydrogens is 160 g/mol. The van der Waals surface area contributed by atoms with Gasteiger partial charge < -0.3 is 11.1 Å². The zero-order valence-electron chi connectivity index (χ0n) is 8.89. The van der Waals surface area contributed by atoms with Gasteiger partial charge in [-0.3, -0.25) is 0 Å². The van der Waals surface area contributed by atoms with Gasteiger partial charge in [0.05, 0.1) is 0 Å². The fourth-order valence-corrected chi connectivity index (χ4v) is 2.03. The summed E-state index contributed by atoms with van der Waals surface area (Å²) in [5.74, 6) is 0.682. The predicted molar refractivity (Wildman–Crippen MR) is 57.7 cm³/mol. The molecule has 1 rings (SSSR count). The molecule has 2 heteroatoms. The summed E-state index contributed by atoms with van der Waals surface area (Å²) < 4.78 is 0. The van der Waals surface area contributed by atoms with Gasteiger partial charge in [0.1, 0.15) is 0 Å². The van der Waals surface area contributed by atoms with Crippen molar-refractivity contribution < 1.29 is 0 Å². The quantitative estimate of drug-likeness (QED) is 0.685. The smallest absolute Gasteiger partial charge is 0.00671 e. The van der Waals surface area contributed by atoms with Crippen molar-refractivity contribution in [2.24, 2.45) is 11.7 Å². The lowest BCUT2D eigenvalue weighted by molar-refractivity contribution is 0.345. The molecule has 1 unspecified atom stereocenters. The van der Waals surface area contributed by atoms with Crippen LogP contribution in [0.25, 0.3) is 0 Å². The molecule has 2 nitrogen and oxygen atoms in total. The number of rotatable bonds is 5. The van der Waals surface area contributed by atoms with E-state index in [1.165, 1.54) is 38.5 Å². The van der Waals surface area contributed by atoms with Crippen molar-refractivity contribution in [3.63, 3.8) is 0 Å². The van der Waals surface area contributed by atoms with Crippen molar-refractivity contribution in [1.29, 1.82) is 0 Å². The maximum absolute atomic E-state index is 5.66. The fourth-order valence-electron chi connectivity index (χ4n) is 2.03. The molecule has 13 heavy (non-hydrogen) atoms. The van der Waals surface area contributed by atoms with Crippen LogP contribution in [0.1, 0.15) is 45.4 Å². The third-order valence-corrected chi connectivity index (χ3v) is 3.21. The lowest BCUT2D eigenvalue weighted by Gasteiger charge is -2.25. The standard InChI is InChI=1S/C11H24N2/c1-2-10(8-12)9-13-11-6-4-3-5-7-11/h10-11,13H,2-9,12H2,1H3. The Morgan fingerprint density at radius 2 is 2.00 bits per heavy atom. The number of hydrogen-bond donors (Lipinski definition) is 2. The van der Waals surface area contributed by atoms with E-state index in [-0.39, 0.29) is 0 Å². The minimum atomic E-state index is 0.682. The monoisotopic (exact) mass is 184 g/mol. The Labute approximate surface area is 82.3 Å². The Bertz CT molecular complexity index is 115. The fraction of sp³-hybridized carbons (Fsp3) is 1.00. The molecule has 0 amide bonds. The summed E-state index contributed by atoms with van der Waals surface area (Å²) >= 11 is 0. The van der Waals surface area contributed by atoms with Gasteiger partial charge in [0.2, 0.25) is 0 Å². The molecule has 0 aromatic carbocycles. The first-order chi connectivity index (χ1) is 6.36. The zero-order valence-corrected chi connectivity index (χ0v) is 8.89. The highest BCUT2D eigenvalue weighted by molar-refractivity contribution is 4.73. The van der Waals surface area contributed by atoms with E-state index in [1.54, 1.807) is 0 Å². The van der Waals surface area contributed by atoms with Crippen LogP contribution < -0.4 is 11.1 Å². The van der Waals surface area contributed by atoms with Crippen LogP contribution in [0.2, 0.25) is 0 Å². The summed E-state index contributed by atoms with van der Waals surface area (Å²) in [5.41, 5.74) is 5.66. The Kier molecular flexibility index (Phi) is 5.40. The predicted octanol–water partition coefficient (Wildman–Crippen LogP) is 1.89. The lowest BCUT2D eigenvalue weighted by Crippen LogP contribution is -2.36. The van der Waals surface area contributed by atoms with E-state index in [1.807, 2.05) is 0 Å². The minimum absolute atomic E-state index is 0.682. The maximum atomic E-state index is 5.66. The molecule has 0 spiro atoms. The van der Waals surface area contributed by atoms with Crippen molar-refractivity contribution in [1.82, 2.24) is 5.32 Å². The normalized spacial score (nSPS) is 21.7. The first-order valence-corrected chi connectivity index (χ1v) is 5.80. The Morgan fingerprint density at radius 1 is 1.31 bits per heavy atom. The van der Waals surface area contributed by atoms with Gasteiger partial charge in [-0.2, -0.15) is 0 Å². The Balaban J connectivity index is 2.09. The molecule has 0 saturated heterocycles. The molecule has 3 N–H and O–H groups in total. The third-order valence-electron chi connectivity index (χ3n) is 3.21. The maximum Gasteiger partial charge on any atom is 0.00671 e. The molecule has 0 bridgehead atoms. The minimum Gasteiger partial charge on any atom is -0.330 e. The van der Waals surface area contributed by atoms with Gasteiger partial charge in [-0.15, -0.1) is 0 Å². The van der Waals surface area contributed by atoms with E-state index in [0.717, 1.165) is 19.1 Å². The number of nitrogens with one attached hydrogen (secondary N) is 1. The van der Waals surface area contributed by atoms with Crippen LogP contribution in [0.3, 0.4) is 0 Å². The van der Waals surface area contributed by atoms with Crippen LogP contribution in [0.5, 0.6) is 0 Å². The van der Waals surface area contributed by atoms with Crippen LogP contribution >= 0.6 is 0 Å². The van der Waals surface area contributed by atoms with Crippen molar-refractivity contribution in [3.05, 3.63) is 0 Å². The van der Waals surface area contributed by atoms with E-state index >= 15 is 0 Å². The van der Waals surface area contributed by atoms with Gasteiger partial charge in [0, 0.05) is 6.04 Å². The molecule has 1 fully saturated rings. The summed E-state index contributed by atoms with van der Waals surface area (Å²) in [4.78, 5) is 0. The van der Waals surface area contributed by atoms with E-state index in [0.29, 0.717) is 5.92 Å². The summed E-state index contributed by atoms with van der Waals surface area (Å²) in [6, 6.07) is 0.786. The molecule has 78 valence electrons. The van der Waals surface area contributed by atoms with Crippen LogP contribution in [0.15, 0.2) is 0 Å². The molecule has 1 aliphatic rings. The second-order valence-electron chi connectivity index (χ2n) is 4.25. The summed E-state index contributed by atoms with van der Waals surface area (Å²) in [6.07, 6.45) is 8.22. The van der Waals surface area contributed by atoms with Crippen molar-refractivity contribution in [3.8, 4) is 0 Å². The Morgan fingerprint density at radius 3 is 2.54 bits per heavy atom. The zero-order chi connectivity index (χ0) is 9.52. The molecule has 0 aromatic rings. The van der Waals surface area contributed by atoms with Crippen molar-refractivity contribution in [2.75, 3.05) is 13.1 Å². The van der Waals surface area contributed by atoms with Crippen LogP contribution in [0, 0.1) is 5.92 Å². The van der Waals surface area contributed by atoms with Gasteiger partial charge in [-0.05, 0) is 31.8 Å². The first kappa shape index (κ1) is 11.0. The van der Waals surface area contributed by atoms with Gasteiger partial charge in [0.25, 0.3) is 0 Å². The van der Waals surface area contributed by atoms with Crippen LogP contribution in [-0.4, -0.2) is 19.1 Å². The Hall–Kier alpha value is -0.0800. The molecular formula is C11H24N2. The molecule has 1 aliphatic carbocycles. The van der Waals surface area contributed by atoms with Crippen molar-refractivity contribution >= 4 is 0 Å². The molecule has 1 atom stereocenters. The average Bonchev–Trinajstić information content (AvgIpc) is 2.21. The topological polar surface area (TPSA) is 38.0 Å². The molecule has 1 saturated carbocycles. The molecule has 0 aliphatic heterocycles. The lowest BCUT2D eigenvalue weighted by atomic mass is 9.95. The first-order valence-electron chi connectivity index (χ1n) is 5.80. The second-order valence-corrected chi connectivity index (χ2v) is 4.25. The van der Waals surface area contributed by atoms with Gasteiger partial charge >= 0.3 is 0 Å². The molecule has 0 aromatic heterocycles. The summed E-state index contributed by atoms with van der Waals surface area (Å²) in [6.45, 7) is 4.17. The second kappa shape index (κ2) is 6.39. The summed E-state index contributed by atoms with van der Waals surface area (Å²) in [5, 5.41) is 3.64. The number of hydrogen-bond acceptors (Lipinski definition) is 2. The largest absolute Gasteiger partial charge is 0.330 e. The van der Waals surface area contributed by atoms with Crippen LogP contribution in [-0.2, 0) is 0 Å². The summed E-state index contributed by atoms with van der Waals surface area (Å²) in [7, 11) is 0. The van der Waals surface area contributed by atoms with Gasteiger partial charge in [0.15, 0.2) is 0 Å². The highest BCUT2D eigenvalue weighted by atomic mass is 14.9. The van der Waals surface area contributed by atoms with E-state index in [4.69, 9.17) is 5.73 Å². The van der Waals surface area contributed by atoms with Gasteiger partial charge in [-0.1, -0.05) is 32.6 Å². The SMILES string of the molecule is CCC(CN)CNC1CCCCC1. The number of nitrogens with two attached hydrogens (primary N) is 1. The van der Waals surface area contributed by atoms with E-state index in [9.17, 15) is 0 Å². The van der Waals surface area contributed by atoms with Crippen LogP contribution in [0.4, 0.5) is 0 Å². The third kappa shape index (κ3) is 4.10. The molecule has 0 heterocycles. The van der Waals surface area contributed by atoms with E-state index in [2.05, 4.69) is 12.2 Å². The van der Waals surface area contributed by atoms with Crippen molar-refractivity contribution in [2.45, 2.75) is 51.5 Å². The van der Waals surface area contributed by atoms with E-state index < -0.39 is 0 Å². The average molecular weight is 184 g/mol. The highest BCUT2D eigenvalue weighted by Gasteiger charge is 2.13. The van der Waals surface area contributed by atoms with Gasteiger partial charge in [-0.25, -0.2) is 0 Å².